The number of halogens is 2. The third-order valence-corrected chi connectivity index (χ3v) is 3.62. The van der Waals surface area contributed by atoms with Crippen molar-refractivity contribution < 1.29 is 4.79 Å². The molecule has 0 unspecified atom stereocenters. The quantitative estimate of drug-likeness (QED) is 0.914. The maximum Gasteiger partial charge on any atom is 0.251 e. The Hall–Kier alpha value is -2.02. The van der Waals surface area contributed by atoms with Gasteiger partial charge in [0.15, 0.2) is 0 Å². The lowest BCUT2D eigenvalue weighted by Gasteiger charge is -2.16. The Labute approximate surface area is 133 Å². The van der Waals surface area contributed by atoms with E-state index in [0.717, 1.165) is 5.56 Å². The highest BCUT2D eigenvalue weighted by Crippen LogP contribution is 2.26. The molecule has 21 heavy (non-hydrogen) atoms. The van der Waals surface area contributed by atoms with Crippen molar-refractivity contribution in [3.63, 3.8) is 0 Å². The molecule has 0 aliphatic heterocycles. The Bertz CT molecular complexity index is 705. The number of hydrogen-bond donors (Lipinski definition) is 1. The van der Waals surface area contributed by atoms with Gasteiger partial charge in [0, 0.05) is 15.6 Å². The fraction of sp³-hybridized carbons (Fsp3) is 0.125. The number of carbonyl (C=O) groups excluding carboxylic acids is 1. The lowest BCUT2D eigenvalue weighted by atomic mass is 10.1. The fourth-order valence-electron chi connectivity index (χ4n) is 1.91. The smallest absolute Gasteiger partial charge is 0.251 e. The molecule has 0 radical (unpaired) electrons. The molecule has 0 bridgehead atoms. The second-order valence-electron chi connectivity index (χ2n) is 4.55. The van der Waals surface area contributed by atoms with Crippen molar-refractivity contribution in [2.45, 2.75) is 13.0 Å². The van der Waals surface area contributed by atoms with Crippen molar-refractivity contribution in [3.05, 3.63) is 69.2 Å². The second kappa shape index (κ2) is 6.62. The van der Waals surface area contributed by atoms with E-state index in [1.165, 1.54) is 0 Å². The van der Waals surface area contributed by atoms with Crippen LogP contribution in [0.5, 0.6) is 0 Å². The van der Waals surface area contributed by atoms with E-state index in [0.29, 0.717) is 21.2 Å². The summed E-state index contributed by atoms with van der Waals surface area (Å²) in [4.78, 5) is 12.1. The van der Waals surface area contributed by atoms with Gasteiger partial charge in [0.05, 0.1) is 17.7 Å². The molecule has 2 aromatic rings. The Balaban J connectivity index is 2.13. The first-order valence-electron chi connectivity index (χ1n) is 6.27. The Morgan fingerprint density at radius 1 is 1.19 bits per heavy atom. The Morgan fingerprint density at radius 3 is 2.43 bits per heavy atom. The molecule has 0 aliphatic rings. The van der Waals surface area contributed by atoms with Crippen molar-refractivity contribution in [3.8, 4) is 6.07 Å². The largest absolute Gasteiger partial charge is 0.345 e. The molecule has 0 heterocycles. The highest BCUT2D eigenvalue weighted by atomic mass is 35.5. The van der Waals surface area contributed by atoms with Crippen LogP contribution in [0.4, 0.5) is 0 Å². The van der Waals surface area contributed by atoms with Gasteiger partial charge in [-0.05, 0) is 48.9 Å². The maximum absolute atomic E-state index is 12.1. The summed E-state index contributed by atoms with van der Waals surface area (Å²) in [6.45, 7) is 1.84. The molecule has 1 amide bonds. The number of nitriles is 1. The molecular weight excluding hydrogens is 307 g/mol. The molecule has 1 atom stereocenters. The second-order valence-corrected chi connectivity index (χ2v) is 5.39. The zero-order valence-corrected chi connectivity index (χ0v) is 12.7. The minimum Gasteiger partial charge on any atom is -0.345 e. The molecule has 3 nitrogen and oxygen atoms in total. The van der Waals surface area contributed by atoms with Gasteiger partial charge in [-0.15, -0.1) is 0 Å². The first-order chi connectivity index (χ1) is 10.0. The molecule has 5 heteroatoms. The van der Waals surface area contributed by atoms with Crippen molar-refractivity contribution >= 4 is 29.1 Å². The topological polar surface area (TPSA) is 52.9 Å². The van der Waals surface area contributed by atoms with Gasteiger partial charge >= 0.3 is 0 Å². The number of hydrogen-bond acceptors (Lipinski definition) is 2. The van der Waals surface area contributed by atoms with Gasteiger partial charge in [0.1, 0.15) is 0 Å². The summed E-state index contributed by atoms with van der Waals surface area (Å²) in [5.41, 5.74) is 1.80. The van der Waals surface area contributed by atoms with Crippen LogP contribution in [0.15, 0.2) is 42.5 Å². The third-order valence-electron chi connectivity index (χ3n) is 3.05. The summed E-state index contributed by atoms with van der Waals surface area (Å²) in [5.74, 6) is -0.224. The molecule has 0 aromatic heterocycles. The fourth-order valence-corrected chi connectivity index (χ4v) is 2.48. The zero-order chi connectivity index (χ0) is 15.4. The molecular formula is C16H12Cl2N2O. The highest BCUT2D eigenvalue weighted by Gasteiger charge is 2.14. The van der Waals surface area contributed by atoms with Crippen LogP contribution in [0.1, 0.15) is 34.5 Å². The molecule has 0 saturated carbocycles. The van der Waals surface area contributed by atoms with Gasteiger partial charge in [-0.3, -0.25) is 4.79 Å². The SMILES string of the molecule is C[C@@H](NC(=O)c1ccc(C#N)cc1)c1ccc(Cl)cc1Cl. The summed E-state index contributed by atoms with van der Waals surface area (Å²) in [6.07, 6.45) is 0. The minimum atomic E-state index is -0.252. The van der Waals surface area contributed by atoms with Crippen LogP contribution in [0.3, 0.4) is 0 Å². The van der Waals surface area contributed by atoms with E-state index in [9.17, 15) is 4.79 Å². The van der Waals surface area contributed by atoms with Crippen LogP contribution in [0.2, 0.25) is 10.0 Å². The molecule has 0 saturated heterocycles. The van der Waals surface area contributed by atoms with E-state index in [2.05, 4.69) is 5.32 Å². The van der Waals surface area contributed by atoms with E-state index >= 15 is 0 Å². The summed E-state index contributed by atoms with van der Waals surface area (Å²) in [6, 6.07) is 13.4. The molecule has 0 spiro atoms. The highest BCUT2D eigenvalue weighted by molar-refractivity contribution is 6.35. The van der Waals surface area contributed by atoms with Crippen LogP contribution in [-0.4, -0.2) is 5.91 Å². The molecule has 0 aliphatic carbocycles. The van der Waals surface area contributed by atoms with E-state index in [1.54, 1.807) is 42.5 Å². The lowest BCUT2D eigenvalue weighted by Crippen LogP contribution is -2.26. The number of nitrogens with zero attached hydrogens (tertiary/aromatic N) is 1. The molecule has 2 rings (SSSR count). The zero-order valence-electron chi connectivity index (χ0n) is 11.2. The average Bonchev–Trinajstić information content (AvgIpc) is 2.47. The lowest BCUT2D eigenvalue weighted by molar-refractivity contribution is 0.0940. The van der Waals surface area contributed by atoms with Crippen molar-refractivity contribution in [2.75, 3.05) is 0 Å². The predicted octanol–water partition coefficient (Wildman–Crippen LogP) is 4.36. The van der Waals surface area contributed by atoms with Gasteiger partial charge in [0.25, 0.3) is 5.91 Å². The number of amides is 1. The third kappa shape index (κ3) is 3.75. The van der Waals surface area contributed by atoms with E-state index in [4.69, 9.17) is 28.5 Å². The van der Waals surface area contributed by atoms with Gasteiger partial charge in [-0.1, -0.05) is 29.3 Å². The average molecular weight is 319 g/mol. The number of nitrogens with one attached hydrogen (secondary N) is 1. The van der Waals surface area contributed by atoms with Gasteiger partial charge in [0.2, 0.25) is 0 Å². The summed E-state index contributed by atoms with van der Waals surface area (Å²) in [5, 5.41) is 12.7. The Morgan fingerprint density at radius 2 is 1.86 bits per heavy atom. The summed E-state index contributed by atoms with van der Waals surface area (Å²) >= 11 is 12.0. The van der Waals surface area contributed by atoms with Gasteiger partial charge in [-0.25, -0.2) is 0 Å². The first-order valence-corrected chi connectivity index (χ1v) is 7.03. The summed E-state index contributed by atoms with van der Waals surface area (Å²) in [7, 11) is 0. The van der Waals surface area contributed by atoms with Crippen LogP contribution < -0.4 is 5.32 Å². The van der Waals surface area contributed by atoms with Crippen LogP contribution >= 0.6 is 23.2 Å². The molecule has 106 valence electrons. The van der Waals surface area contributed by atoms with E-state index < -0.39 is 0 Å². The van der Waals surface area contributed by atoms with Gasteiger partial charge < -0.3 is 5.32 Å². The van der Waals surface area contributed by atoms with Crippen LogP contribution in [0, 0.1) is 11.3 Å². The standard InChI is InChI=1S/C16H12Cl2N2O/c1-10(14-7-6-13(17)8-15(14)18)20-16(21)12-4-2-11(9-19)3-5-12/h2-8,10H,1H3,(H,20,21)/t10-/m1/s1. The van der Waals surface area contributed by atoms with Crippen molar-refractivity contribution in [1.29, 1.82) is 5.26 Å². The van der Waals surface area contributed by atoms with Gasteiger partial charge in [-0.2, -0.15) is 5.26 Å². The van der Waals surface area contributed by atoms with Crippen molar-refractivity contribution in [1.82, 2.24) is 5.32 Å². The minimum absolute atomic E-state index is 0.224. The Kier molecular flexibility index (Phi) is 4.85. The monoisotopic (exact) mass is 318 g/mol. The van der Waals surface area contributed by atoms with Crippen molar-refractivity contribution in [2.24, 2.45) is 0 Å². The molecule has 0 fully saturated rings. The van der Waals surface area contributed by atoms with Crippen LogP contribution in [-0.2, 0) is 0 Å². The first kappa shape index (κ1) is 15.4. The number of benzene rings is 2. The van der Waals surface area contributed by atoms with E-state index in [1.807, 2.05) is 13.0 Å². The predicted molar refractivity (Wildman–Crippen MR) is 83.5 cm³/mol. The van der Waals surface area contributed by atoms with E-state index in [-0.39, 0.29) is 11.9 Å². The van der Waals surface area contributed by atoms with Crippen LogP contribution in [0.25, 0.3) is 0 Å². The summed E-state index contributed by atoms with van der Waals surface area (Å²) < 4.78 is 0. The number of carbonyl (C=O) groups is 1. The normalized spacial score (nSPS) is 11.5. The molecule has 2 aromatic carbocycles. The molecule has 1 N–H and O–H groups in total. The number of rotatable bonds is 3. The maximum atomic E-state index is 12.1.